The summed E-state index contributed by atoms with van der Waals surface area (Å²) in [5.41, 5.74) is 8.50. The average Bonchev–Trinajstić information content (AvgIpc) is 3.31. The third-order valence-corrected chi connectivity index (χ3v) is 6.55. The first-order valence-corrected chi connectivity index (χ1v) is 12.9. The van der Waals surface area contributed by atoms with Crippen molar-refractivity contribution in [3.05, 3.63) is 96.2 Å². The van der Waals surface area contributed by atoms with Gasteiger partial charge in [-0.1, -0.05) is 43.8 Å². The Hall–Kier alpha value is -4.40. The Labute approximate surface area is 234 Å². The van der Waals surface area contributed by atoms with Gasteiger partial charge < -0.3 is 30.6 Å². The number of pyridine rings is 1. The summed E-state index contributed by atoms with van der Waals surface area (Å²) in [6.45, 7) is 4.77. The van der Waals surface area contributed by atoms with E-state index in [2.05, 4.69) is 35.2 Å². The van der Waals surface area contributed by atoms with Crippen LogP contribution in [0.5, 0.6) is 17.4 Å². The highest BCUT2D eigenvalue weighted by Crippen LogP contribution is 2.33. The highest BCUT2D eigenvalue weighted by molar-refractivity contribution is 6.10. The molecule has 8 heteroatoms. The normalized spacial score (nSPS) is 12.2. The fourth-order valence-corrected chi connectivity index (χ4v) is 4.58. The van der Waals surface area contributed by atoms with E-state index < -0.39 is 12.0 Å². The Balaban J connectivity index is 0.00000370. The van der Waals surface area contributed by atoms with Crippen molar-refractivity contribution in [2.75, 3.05) is 13.2 Å². The molecule has 5 aromatic rings. The molecule has 40 heavy (non-hydrogen) atoms. The molecule has 0 aliphatic heterocycles. The number of β-amino-alcohol motifs (C(OH)–C–C–N with tert-alkyl or cyclic N) is 1. The van der Waals surface area contributed by atoms with Crippen molar-refractivity contribution in [1.29, 1.82) is 0 Å². The van der Waals surface area contributed by atoms with Crippen LogP contribution < -0.4 is 20.5 Å². The standard InChI is InChI=1S/C31H32N4O4.CH4/c1-31(2,16-20-10-13-23(14-11-20)39-28-15-12-21(17-33-28)30(32)37)34-18-22(36)19-38-27-9-5-8-26-29(27)24-6-3-4-7-25(24)35-26;/h3-15,17,22,34-36H,16,18-19H2,1-2H3,(H2,32,37);1H4. The van der Waals surface area contributed by atoms with Gasteiger partial charge >= 0.3 is 0 Å². The molecule has 0 bridgehead atoms. The number of carbonyl (C=O) groups is 1. The van der Waals surface area contributed by atoms with Gasteiger partial charge in [0, 0.05) is 40.6 Å². The Morgan fingerprint density at radius 3 is 2.50 bits per heavy atom. The van der Waals surface area contributed by atoms with E-state index in [4.69, 9.17) is 15.2 Å². The molecule has 0 spiro atoms. The molecule has 208 valence electrons. The van der Waals surface area contributed by atoms with E-state index in [1.807, 2.05) is 60.7 Å². The smallest absolute Gasteiger partial charge is 0.250 e. The van der Waals surface area contributed by atoms with Crippen molar-refractivity contribution < 1.29 is 19.4 Å². The number of amides is 1. The van der Waals surface area contributed by atoms with E-state index in [0.29, 0.717) is 23.7 Å². The maximum atomic E-state index is 11.2. The molecule has 3 aromatic carbocycles. The van der Waals surface area contributed by atoms with Crippen molar-refractivity contribution in [3.8, 4) is 17.4 Å². The second kappa shape index (κ2) is 12.2. The van der Waals surface area contributed by atoms with E-state index in [-0.39, 0.29) is 19.6 Å². The van der Waals surface area contributed by atoms with Gasteiger partial charge in [-0.05, 0) is 62.2 Å². The number of primary amides is 1. The molecule has 0 saturated carbocycles. The van der Waals surface area contributed by atoms with Crippen molar-refractivity contribution in [2.45, 2.75) is 39.3 Å². The lowest BCUT2D eigenvalue weighted by Gasteiger charge is -2.28. The summed E-state index contributed by atoms with van der Waals surface area (Å²) >= 11 is 0. The van der Waals surface area contributed by atoms with Crippen LogP contribution in [0.4, 0.5) is 0 Å². The second-order valence-electron chi connectivity index (χ2n) is 10.3. The average molecular weight is 541 g/mol. The van der Waals surface area contributed by atoms with Crippen LogP contribution in [0.2, 0.25) is 0 Å². The molecule has 1 atom stereocenters. The zero-order valence-corrected chi connectivity index (χ0v) is 22.0. The summed E-state index contributed by atoms with van der Waals surface area (Å²) in [5, 5.41) is 16.2. The van der Waals surface area contributed by atoms with Crippen LogP contribution in [0, 0.1) is 0 Å². The highest BCUT2D eigenvalue weighted by atomic mass is 16.5. The lowest BCUT2D eigenvalue weighted by molar-refractivity contribution is 0.0995. The molecular weight excluding hydrogens is 504 g/mol. The minimum atomic E-state index is -0.672. The van der Waals surface area contributed by atoms with Crippen LogP contribution in [-0.4, -0.2) is 45.8 Å². The van der Waals surface area contributed by atoms with Crippen molar-refractivity contribution in [3.63, 3.8) is 0 Å². The van der Waals surface area contributed by atoms with Crippen LogP contribution in [0.25, 0.3) is 21.8 Å². The van der Waals surface area contributed by atoms with Gasteiger partial charge in [0.15, 0.2) is 0 Å². The number of hydrogen-bond donors (Lipinski definition) is 4. The van der Waals surface area contributed by atoms with Crippen LogP contribution in [-0.2, 0) is 6.42 Å². The number of aromatic nitrogens is 2. The molecule has 8 nitrogen and oxygen atoms in total. The molecule has 5 N–H and O–H groups in total. The molecule has 0 radical (unpaired) electrons. The monoisotopic (exact) mass is 540 g/mol. The molecular formula is C32H36N4O4. The topological polar surface area (TPSA) is 122 Å². The number of nitrogens with two attached hydrogens (primary N) is 1. The largest absolute Gasteiger partial charge is 0.490 e. The zero-order valence-electron chi connectivity index (χ0n) is 22.0. The van der Waals surface area contributed by atoms with Gasteiger partial charge in [0.05, 0.1) is 11.1 Å². The predicted octanol–water partition coefficient (Wildman–Crippen LogP) is 5.59. The Morgan fingerprint density at radius 2 is 1.77 bits per heavy atom. The SMILES string of the molecule is C.CC(C)(Cc1ccc(Oc2ccc(C(N)=O)cn2)cc1)NCC(O)COc1cccc2[nH]c3ccccc3c12. The summed E-state index contributed by atoms with van der Waals surface area (Å²) in [5.74, 6) is 1.25. The Bertz CT molecular complexity index is 1580. The minimum absolute atomic E-state index is 0. The van der Waals surface area contributed by atoms with E-state index in [9.17, 15) is 9.90 Å². The lowest BCUT2D eigenvalue weighted by Crippen LogP contribution is -2.46. The zero-order chi connectivity index (χ0) is 27.4. The van der Waals surface area contributed by atoms with Crippen molar-refractivity contribution >= 4 is 27.7 Å². The number of nitrogens with zero attached hydrogens (tertiary/aromatic N) is 1. The summed E-state index contributed by atoms with van der Waals surface area (Å²) in [7, 11) is 0. The first-order chi connectivity index (χ1) is 18.8. The number of carbonyl (C=O) groups excluding carboxylic acids is 1. The van der Waals surface area contributed by atoms with Crippen LogP contribution in [0.1, 0.15) is 37.2 Å². The predicted molar refractivity (Wildman–Crippen MR) is 159 cm³/mol. The maximum Gasteiger partial charge on any atom is 0.250 e. The first-order valence-electron chi connectivity index (χ1n) is 12.9. The molecule has 0 fully saturated rings. The molecule has 2 aromatic heterocycles. The number of aliphatic hydroxyl groups is 1. The molecule has 0 saturated heterocycles. The summed E-state index contributed by atoms with van der Waals surface area (Å²) in [6.07, 6.45) is 1.47. The van der Waals surface area contributed by atoms with Crippen LogP contribution in [0.3, 0.4) is 0 Å². The van der Waals surface area contributed by atoms with E-state index >= 15 is 0 Å². The fourth-order valence-electron chi connectivity index (χ4n) is 4.58. The Kier molecular flexibility index (Phi) is 8.72. The van der Waals surface area contributed by atoms with Crippen LogP contribution in [0.15, 0.2) is 85.1 Å². The summed E-state index contributed by atoms with van der Waals surface area (Å²) < 4.78 is 11.8. The first kappa shape index (κ1) is 28.6. The molecule has 5 rings (SSSR count). The highest BCUT2D eigenvalue weighted by Gasteiger charge is 2.20. The van der Waals surface area contributed by atoms with Gasteiger partial charge in [-0.25, -0.2) is 4.98 Å². The quantitative estimate of drug-likeness (QED) is 0.173. The number of ether oxygens (including phenoxy) is 2. The fraction of sp³-hybridized carbons (Fsp3) is 0.250. The number of nitrogens with one attached hydrogen (secondary N) is 2. The van der Waals surface area contributed by atoms with Gasteiger partial charge in [-0.2, -0.15) is 0 Å². The number of H-pyrrole nitrogens is 1. The number of hydrogen-bond acceptors (Lipinski definition) is 6. The number of fused-ring (bicyclic) bond motifs is 3. The van der Waals surface area contributed by atoms with Crippen molar-refractivity contribution in [2.24, 2.45) is 5.73 Å². The number of para-hydroxylation sites is 1. The number of aromatic amines is 1. The van der Waals surface area contributed by atoms with Gasteiger partial charge in [0.2, 0.25) is 11.8 Å². The van der Waals surface area contributed by atoms with E-state index in [1.165, 1.54) is 6.20 Å². The van der Waals surface area contributed by atoms with Crippen molar-refractivity contribution in [1.82, 2.24) is 15.3 Å². The summed E-state index contributed by atoms with van der Waals surface area (Å²) in [6, 6.07) is 25.0. The minimum Gasteiger partial charge on any atom is -0.490 e. The molecule has 1 unspecified atom stereocenters. The van der Waals surface area contributed by atoms with Gasteiger partial charge in [-0.3, -0.25) is 4.79 Å². The molecule has 2 heterocycles. The molecule has 1 amide bonds. The molecule has 0 aliphatic rings. The second-order valence-corrected chi connectivity index (χ2v) is 10.3. The number of rotatable bonds is 11. The third kappa shape index (κ3) is 6.77. The van der Waals surface area contributed by atoms with Gasteiger partial charge in [-0.15, -0.1) is 0 Å². The Morgan fingerprint density at radius 1 is 1.02 bits per heavy atom. The number of benzene rings is 3. The van der Waals surface area contributed by atoms with E-state index in [0.717, 1.165) is 39.5 Å². The van der Waals surface area contributed by atoms with Crippen LogP contribution >= 0.6 is 0 Å². The van der Waals surface area contributed by atoms with Gasteiger partial charge in [0.25, 0.3) is 0 Å². The lowest BCUT2D eigenvalue weighted by atomic mass is 9.94. The summed E-state index contributed by atoms with van der Waals surface area (Å²) in [4.78, 5) is 18.7. The maximum absolute atomic E-state index is 11.2. The van der Waals surface area contributed by atoms with Gasteiger partial charge in [0.1, 0.15) is 24.2 Å². The molecule has 0 aliphatic carbocycles. The third-order valence-electron chi connectivity index (χ3n) is 6.55. The number of aliphatic hydroxyl groups excluding tert-OH is 1. The van der Waals surface area contributed by atoms with E-state index in [1.54, 1.807) is 12.1 Å².